The number of anilines is 1. The summed E-state index contributed by atoms with van der Waals surface area (Å²) in [6, 6.07) is 8.12. The number of nitrogens with one attached hydrogen (secondary N) is 1. The van der Waals surface area contributed by atoms with Crippen molar-refractivity contribution in [1.29, 1.82) is 0 Å². The van der Waals surface area contributed by atoms with E-state index in [1.54, 1.807) is 0 Å². The van der Waals surface area contributed by atoms with Crippen molar-refractivity contribution < 1.29 is 5.11 Å². The molecular formula is C13H18N2OS. The molecule has 0 unspecified atom stereocenters. The Morgan fingerprint density at radius 3 is 3.06 bits per heavy atom. The smallest absolute Gasteiger partial charge is 0.173 e. The maximum absolute atomic E-state index is 9.61. The third kappa shape index (κ3) is 3.41. The Labute approximate surface area is 107 Å². The lowest BCUT2D eigenvalue weighted by Gasteiger charge is -2.32. The molecular weight excluding hydrogens is 232 g/mol. The van der Waals surface area contributed by atoms with Crippen molar-refractivity contribution in [2.45, 2.75) is 25.9 Å². The van der Waals surface area contributed by atoms with Gasteiger partial charge in [-0.2, -0.15) is 0 Å². The van der Waals surface area contributed by atoms with E-state index in [1.165, 1.54) is 5.56 Å². The molecule has 0 saturated carbocycles. The summed E-state index contributed by atoms with van der Waals surface area (Å²) in [6.07, 6.45) is 1.63. The lowest BCUT2D eigenvalue weighted by atomic mass is 10.1. The topological polar surface area (TPSA) is 35.5 Å². The molecule has 1 aromatic carbocycles. The third-order valence-corrected chi connectivity index (χ3v) is 3.31. The van der Waals surface area contributed by atoms with Gasteiger partial charge in [-0.1, -0.05) is 12.1 Å². The summed E-state index contributed by atoms with van der Waals surface area (Å²) < 4.78 is 0. The third-order valence-electron chi connectivity index (χ3n) is 2.95. The van der Waals surface area contributed by atoms with Crippen LogP contribution in [0.5, 0.6) is 0 Å². The number of hydrogen-bond donors (Lipinski definition) is 2. The quantitative estimate of drug-likeness (QED) is 0.749. The van der Waals surface area contributed by atoms with Crippen LogP contribution in [0.4, 0.5) is 5.69 Å². The molecule has 1 aliphatic heterocycles. The molecule has 17 heavy (non-hydrogen) atoms. The van der Waals surface area contributed by atoms with Crippen molar-refractivity contribution in [3.8, 4) is 0 Å². The highest BCUT2D eigenvalue weighted by Gasteiger charge is 2.19. The van der Waals surface area contributed by atoms with Crippen LogP contribution in [-0.4, -0.2) is 34.3 Å². The zero-order valence-electron chi connectivity index (χ0n) is 10.0. The number of likely N-dealkylation sites (tertiary alicyclic amines) is 1. The van der Waals surface area contributed by atoms with Gasteiger partial charge in [-0.3, -0.25) is 0 Å². The molecule has 2 N–H and O–H groups in total. The molecule has 1 fully saturated rings. The number of thiocarbonyl (C=S) groups is 1. The number of β-amino-alcohol motifs (C(OH)–C–C–N with tert-alkyl or cyclic N) is 1. The molecule has 1 saturated heterocycles. The fourth-order valence-electron chi connectivity index (χ4n) is 2.06. The van der Waals surface area contributed by atoms with Crippen LogP contribution >= 0.6 is 12.2 Å². The zero-order valence-corrected chi connectivity index (χ0v) is 10.8. The normalized spacial score (nSPS) is 20.1. The molecule has 92 valence electrons. The Hall–Kier alpha value is -1.13. The zero-order chi connectivity index (χ0) is 12.3. The summed E-state index contributed by atoms with van der Waals surface area (Å²) in [6.45, 7) is 3.62. The maximum atomic E-state index is 9.61. The van der Waals surface area contributed by atoms with Crippen molar-refractivity contribution in [2.24, 2.45) is 0 Å². The van der Waals surface area contributed by atoms with Crippen LogP contribution < -0.4 is 5.32 Å². The van der Waals surface area contributed by atoms with Gasteiger partial charge in [0.2, 0.25) is 0 Å². The number of piperidine rings is 1. The van der Waals surface area contributed by atoms with Gasteiger partial charge in [0.05, 0.1) is 6.10 Å². The molecule has 4 heteroatoms. The minimum absolute atomic E-state index is 0.249. The summed E-state index contributed by atoms with van der Waals surface area (Å²) in [5, 5.41) is 13.5. The molecule has 0 bridgehead atoms. The molecule has 0 aliphatic carbocycles. The van der Waals surface area contributed by atoms with Gasteiger partial charge in [0, 0.05) is 18.8 Å². The van der Waals surface area contributed by atoms with Crippen molar-refractivity contribution in [2.75, 3.05) is 18.4 Å². The lowest BCUT2D eigenvalue weighted by molar-refractivity contribution is 0.104. The van der Waals surface area contributed by atoms with Crippen molar-refractivity contribution in [3.63, 3.8) is 0 Å². The fraction of sp³-hybridized carbons (Fsp3) is 0.462. The SMILES string of the molecule is Cc1cccc(NC(=S)N2CCC[C@@H](O)C2)c1. The summed E-state index contributed by atoms with van der Waals surface area (Å²) in [4.78, 5) is 2.03. The predicted octanol–water partition coefficient (Wildman–Crippen LogP) is 2.15. The van der Waals surface area contributed by atoms with E-state index in [1.807, 2.05) is 17.0 Å². The monoisotopic (exact) mass is 250 g/mol. The number of aliphatic hydroxyl groups excluding tert-OH is 1. The largest absolute Gasteiger partial charge is 0.391 e. The van der Waals surface area contributed by atoms with Crippen LogP contribution in [0.3, 0.4) is 0 Å². The van der Waals surface area contributed by atoms with Gasteiger partial charge < -0.3 is 15.3 Å². The summed E-state index contributed by atoms with van der Waals surface area (Å²) in [7, 11) is 0. The van der Waals surface area contributed by atoms with Crippen LogP contribution in [0, 0.1) is 6.92 Å². The van der Waals surface area contributed by atoms with Gasteiger partial charge in [-0.05, 0) is 49.7 Å². The standard InChI is InChI=1S/C13H18N2OS/c1-10-4-2-5-11(8-10)14-13(17)15-7-3-6-12(16)9-15/h2,4-5,8,12,16H,3,6-7,9H2,1H3,(H,14,17)/t12-/m1/s1. The first kappa shape index (κ1) is 12.3. The number of benzene rings is 1. The fourth-order valence-corrected chi connectivity index (χ4v) is 2.35. The summed E-state index contributed by atoms with van der Waals surface area (Å²) >= 11 is 5.36. The molecule has 0 spiro atoms. The van der Waals surface area contributed by atoms with E-state index >= 15 is 0 Å². The van der Waals surface area contributed by atoms with Gasteiger partial charge in [0.25, 0.3) is 0 Å². The van der Waals surface area contributed by atoms with E-state index in [4.69, 9.17) is 12.2 Å². The minimum atomic E-state index is -0.249. The van der Waals surface area contributed by atoms with Gasteiger partial charge in [-0.15, -0.1) is 0 Å². The van der Waals surface area contributed by atoms with Gasteiger partial charge in [0.15, 0.2) is 5.11 Å². The molecule has 1 heterocycles. The van der Waals surface area contributed by atoms with Crippen LogP contribution in [-0.2, 0) is 0 Å². The summed E-state index contributed by atoms with van der Waals surface area (Å²) in [5.74, 6) is 0. The molecule has 0 radical (unpaired) electrons. The molecule has 1 aliphatic rings. The van der Waals surface area contributed by atoms with Crippen molar-refractivity contribution in [1.82, 2.24) is 4.90 Å². The second kappa shape index (κ2) is 5.47. The Kier molecular flexibility index (Phi) is 3.97. The van der Waals surface area contributed by atoms with Gasteiger partial charge >= 0.3 is 0 Å². The second-order valence-corrected chi connectivity index (χ2v) is 4.93. The van der Waals surface area contributed by atoms with E-state index in [2.05, 4.69) is 24.4 Å². The van der Waals surface area contributed by atoms with E-state index in [0.29, 0.717) is 11.7 Å². The first-order valence-corrected chi connectivity index (χ1v) is 6.36. The van der Waals surface area contributed by atoms with Crippen molar-refractivity contribution in [3.05, 3.63) is 29.8 Å². The van der Waals surface area contributed by atoms with E-state index in [0.717, 1.165) is 25.1 Å². The minimum Gasteiger partial charge on any atom is -0.391 e. The highest BCUT2D eigenvalue weighted by molar-refractivity contribution is 7.80. The average molecular weight is 250 g/mol. The van der Waals surface area contributed by atoms with E-state index in [-0.39, 0.29) is 6.10 Å². The van der Waals surface area contributed by atoms with Crippen LogP contribution in [0.25, 0.3) is 0 Å². The van der Waals surface area contributed by atoms with Gasteiger partial charge in [0.1, 0.15) is 0 Å². The van der Waals surface area contributed by atoms with Crippen LogP contribution in [0.15, 0.2) is 24.3 Å². The van der Waals surface area contributed by atoms with E-state index < -0.39 is 0 Å². The van der Waals surface area contributed by atoms with E-state index in [9.17, 15) is 5.11 Å². The number of aryl methyl sites for hydroxylation is 1. The first-order valence-electron chi connectivity index (χ1n) is 5.96. The van der Waals surface area contributed by atoms with Crippen molar-refractivity contribution >= 4 is 23.0 Å². The van der Waals surface area contributed by atoms with Crippen LogP contribution in [0.1, 0.15) is 18.4 Å². The highest BCUT2D eigenvalue weighted by Crippen LogP contribution is 2.14. The molecule has 1 atom stereocenters. The molecule has 0 amide bonds. The number of hydrogen-bond acceptors (Lipinski definition) is 2. The molecule has 2 rings (SSSR count). The predicted molar refractivity (Wildman–Crippen MR) is 74.2 cm³/mol. The Morgan fingerprint density at radius 1 is 1.53 bits per heavy atom. The van der Waals surface area contributed by atoms with Crippen LogP contribution in [0.2, 0.25) is 0 Å². The summed E-state index contributed by atoms with van der Waals surface area (Å²) in [5.41, 5.74) is 2.21. The average Bonchev–Trinajstić information content (AvgIpc) is 2.29. The Morgan fingerprint density at radius 2 is 2.35 bits per heavy atom. The highest BCUT2D eigenvalue weighted by atomic mass is 32.1. The molecule has 0 aromatic heterocycles. The number of rotatable bonds is 1. The van der Waals surface area contributed by atoms with Gasteiger partial charge in [-0.25, -0.2) is 0 Å². The maximum Gasteiger partial charge on any atom is 0.173 e. The lowest BCUT2D eigenvalue weighted by Crippen LogP contribution is -2.44. The number of aliphatic hydroxyl groups is 1. The Bertz CT molecular complexity index is 408. The Balaban J connectivity index is 1.96. The number of nitrogens with zero attached hydrogens (tertiary/aromatic N) is 1. The molecule has 1 aromatic rings. The molecule has 3 nitrogen and oxygen atoms in total. The second-order valence-electron chi connectivity index (χ2n) is 4.54. The first-order chi connectivity index (χ1) is 8.15.